The molecule has 5 nitrogen and oxygen atoms in total. The number of methoxy groups -OCH3 is 1. The molecule has 2 atom stereocenters. The predicted molar refractivity (Wildman–Crippen MR) is 128 cm³/mol. The Morgan fingerprint density at radius 2 is 1.61 bits per heavy atom. The van der Waals surface area contributed by atoms with Gasteiger partial charge in [0, 0.05) is 19.9 Å². The molecule has 2 aromatic carbocycles. The Labute approximate surface area is 185 Å². The number of hydrogen-bond acceptors (Lipinski definition) is 5. The van der Waals surface area contributed by atoms with Gasteiger partial charge >= 0.3 is 0 Å². The van der Waals surface area contributed by atoms with E-state index in [1.54, 1.807) is 13.3 Å². The summed E-state index contributed by atoms with van der Waals surface area (Å²) in [5.41, 5.74) is 5.91. The molecule has 0 amide bonds. The van der Waals surface area contributed by atoms with Crippen LogP contribution >= 0.6 is 0 Å². The zero-order valence-corrected chi connectivity index (χ0v) is 18.9. The lowest BCUT2D eigenvalue weighted by atomic mass is 10.0. The first-order valence-corrected chi connectivity index (χ1v) is 10.7. The van der Waals surface area contributed by atoms with Crippen LogP contribution in [0, 0.1) is 13.8 Å². The van der Waals surface area contributed by atoms with Gasteiger partial charge in [0.2, 0.25) is 0 Å². The van der Waals surface area contributed by atoms with Crippen LogP contribution in [0.1, 0.15) is 35.3 Å². The highest BCUT2D eigenvalue weighted by atomic mass is 16.7. The number of anilines is 2. The highest BCUT2D eigenvalue weighted by Gasteiger charge is 2.21. The summed E-state index contributed by atoms with van der Waals surface area (Å²) in [7, 11) is 1.64. The maximum Gasteiger partial charge on any atom is 0.149 e. The third-order valence-electron chi connectivity index (χ3n) is 5.25. The predicted octanol–water partition coefficient (Wildman–Crippen LogP) is 5.52. The number of aromatic nitrogens is 1. The fourth-order valence-electron chi connectivity index (χ4n) is 3.48. The second-order valence-corrected chi connectivity index (χ2v) is 7.90. The molecule has 1 aromatic heterocycles. The SMILES string of the molecule is COCO[C@@H](c1ccc(C)cc1)C(C)Nc1ncccc1NCCc1ccc(C)cc1. The minimum atomic E-state index is -0.164. The van der Waals surface area contributed by atoms with Crippen molar-refractivity contribution < 1.29 is 9.47 Å². The Bertz CT molecular complexity index is 926. The van der Waals surface area contributed by atoms with Crippen molar-refractivity contribution in [3.63, 3.8) is 0 Å². The molecule has 0 radical (unpaired) electrons. The van der Waals surface area contributed by atoms with Crippen LogP contribution in [-0.4, -0.2) is 31.5 Å². The van der Waals surface area contributed by atoms with Crippen molar-refractivity contribution in [1.82, 2.24) is 4.98 Å². The minimum Gasteiger partial charge on any atom is -0.382 e. The number of aryl methyl sites for hydroxylation is 2. The average Bonchev–Trinajstić information content (AvgIpc) is 2.78. The first-order chi connectivity index (χ1) is 15.1. The molecule has 1 heterocycles. The molecule has 0 saturated heterocycles. The van der Waals surface area contributed by atoms with E-state index in [4.69, 9.17) is 9.47 Å². The van der Waals surface area contributed by atoms with Crippen LogP contribution in [0.15, 0.2) is 66.9 Å². The fraction of sp³-hybridized carbons (Fsp3) is 0.346. The molecule has 2 N–H and O–H groups in total. The Hall–Kier alpha value is -2.89. The fourth-order valence-corrected chi connectivity index (χ4v) is 3.48. The van der Waals surface area contributed by atoms with Gasteiger partial charge in [0.15, 0.2) is 0 Å². The maximum atomic E-state index is 6.01. The van der Waals surface area contributed by atoms with Crippen LogP contribution in [0.3, 0.4) is 0 Å². The molecule has 0 spiro atoms. The van der Waals surface area contributed by atoms with Gasteiger partial charge < -0.3 is 20.1 Å². The molecular weight excluding hydrogens is 386 g/mol. The molecule has 31 heavy (non-hydrogen) atoms. The van der Waals surface area contributed by atoms with E-state index in [1.807, 2.05) is 12.1 Å². The molecular formula is C26H33N3O2. The Morgan fingerprint density at radius 1 is 0.935 bits per heavy atom. The summed E-state index contributed by atoms with van der Waals surface area (Å²) in [4.78, 5) is 4.57. The van der Waals surface area contributed by atoms with Crippen molar-refractivity contribution >= 4 is 11.5 Å². The summed E-state index contributed by atoms with van der Waals surface area (Å²) in [5, 5.41) is 7.06. The van der Waals surface area contributed by atoms with Gasteiger partial charge in [-0.15, -0.1) is 0 Å². The number of benzene rings is 2. The molecule has 3 rings (SSSR count). The molecule has 1 unspecified atom stereocenters. The molecule has 5 heteroatoms. The summed E-state index contributed by atoms with van der Waals surface area (Å²) in [6, 6.07) is 21.1. The number of hydrogen-bond donors (Lipinski definition) is 2. The van der Waals surface area contributed by atoms with Crippen LogP contribution in [0.2, 0.25) is 0 Å². The standard InChI is InChI=1S/C26H33N3O2/c1-19-7-11-22(12-8-19)15-17-27-24-6-5-16-28-26(24)29-21(3)25(31-18-30-4)23-13-9-20(2)10-14-23/h5-14,16,21,25,27H,15,17-18H2,1-4H3,(H,28,29)/t21?,25-/m1/s1. The van der Waals surface area contributed by atoms with Gasteiger partial charge in [-0.1, -0.05) is 59.7 Å². The topological polar surface area (TPSA) is 55.4 Å². The summed E-state index contributed by atoms with van der Waals surface area (Å²) in [5.74, 6) is 0.817. The molecule has 0 aliphatic rings. The first-order valence-electron chi connectivity index (χ1n) is 10.7. The van der Waals surface area contributed by atoms with Crippen LogP contribution in [0.5, 0.6) is 0 Å². The van der Waals surface area contributed by atoms with E-state index in [2.05, 4.69) is 84.9 Å². The molecule has 0 aliphatic heterocycles. The van der Waals surface area contributed by atoms with Crippen molar-refractivity contribution in [2.24, 2.45) is 0 Å². The van der Waals surface area contributed by atoms with E-state index in [0.29, 0.717) is 0 Å². The van der Waals surface area contributed by atoms with E-state index in [-0.39, 0.29) is 18.9 Å². The number of nitrogens with one attached hydrogen (secondary N) is 2. The average molecular weight is 420 g/mol. The normalized spacial score (nSPS) is 12.9. The maximum absolute atomic E-state index is 6.01. The van der Waals surface area contributed by atoms with Crippen molar-refractivity contribution in [3.05, 3.63) is 89.1 Å². The van der Waals surface area contributed by atoms with Gasteiger partial charge in [-0.3, -0.25) is 0 Å². The van der Waals surface area contributed by atoms with E-state index in [9.17, 15) is 0 Å². The van der Waals surface area contributed by atoms with Crippen molar-refractivity contribution in [2.75, 3.05) is 31.1 Å². The molecule has 3 aromatic rings. The minimum absolute atomic E-state index is 0.00888. The summed E-state index contributed by atoms with van der Waals surface area (Å²) >= 11 is 0. The van der Waals surface area contributed by atoms with Crippen LogP contribution in [0.4, 0.5) is 11.5 Å². The Morgan fingerprint density at radius 3 is 2.29 bits per heavy atom. The zero-order chi connectivity index (χ0) is 22.1. The van der Waals surface area contributed by atoms with Crippen molar-refractivity contribution in [2.45, 2.75) is 39.3 Å². The van der Waals surface area contributed by atoms with Gasteiger partial charge in [-0.05, 0) is 50.5 Å². The van der Waals surface area contributed by atoms with E-state index in [1.165, 1.54) is 16.7 Å². The number of nitrogens with zero attached hydrogens (tertiary/aromatic N) is 1. The van der Waals surface area contributed by atoms with Crippen molar-refractivity contribution in [3.8, 4) is 0 Å². The molecule has 0 aliphatic carbocycles. The van der Waals surface area contributed by atoms with Gasteiger partial charge in [0.25, 0.3) is 0 Å². The molecule has 0 bridgehead atoms. The lowest BCUT2D eigenvalue weighted by Gasteiger charge is -2.27. The third kappa shape index (κ3) is 6.81. The number of rotatable bonds is 11. The highest BCUT2D eigenvalue weighted by molar-refractivity contribution is 5.64. The lowest BCUT2D eigenvalue weighted by Crippen LogP contribution is -2.28. The monoisotopic (exact) mass is 419 g/mol. The summed E-state index contributed by atoms with van der Waals surface area (Å²) in [6.45, 7) is 7.36. The lowest BCUT2D eigenvalue weighted by molar-refractivity contribution is -0.0776. The highest BCUT2D eigenvalue weighted by Crippen LogP contribution is 2.27. The van der Waals surface area contributed by atoms with Crippen LogP contribution in [0.25, 0.3) is 0 Å². The van der Waals surface area contributed by atoms with Gasteiger partial charge in [-0.2, -0.15) is 0 Å². The summed E-state index contributed by atoms with van der Waals surface area (Å²) in [6.07, 6.45) is 2.59. The largest absolute Gasteiger partial charge is 0.382 e. The zero-order valence-electron chi connectivity index (χ0n) is 18.9. The quantitative estimate of drug-likeness (QED) is 0.401. The van der Waals surface area contributed by atoms with E-state index < -0.39 is 0 Å². The Balaban J connectivity index is 1.66. The number of pyridine rings is 1. The second kappa shape index (κ2) is 11.5. The van der Waals surface area contributed by atoms with Crippen LogP contribution in [-0.2, 0) is 15.9 Å². The van der Waals surface area contributed by atoms with E-state index >= 15 is 0 Å². The van der Waals surface area contributed by atoms with Crippen molar-refractivity contribution in [1.29, 1.82) is 0 Å². The van der Waals surface area contributed by atoms with Gasteiger partial charge in [0.1, 0.15) is 18.7 Å². The number of ether oxygens (including phenoxy) is 2. The summed E-state index contributed by atoms with van der Waals surface area (Å²) < 4.78 is 11.2. The smallest absolute Gasteiger partial charge is 0.149 e. The second-order valence-electron chi connectivity index (χ2n) is 7.90. The third-order valence-corrected chi connectivity index (χ3v) is 5.25. The first kappa shape index (κ1) is 22.8. The molecule has 0 fully saturated rings. The molecule has 164 valence electrons. The van der Waals surface area contributed by atoms with E-state index in [0.717, 1.165) is 30.0 Å². The Kier molecular flexibility index (Phi) is 8.44. The van der Waals surface area contributed by atoms with Gasteiger partial charge in [-0.25, -0.2) is 4.98 Å². The molecule has 0 saturated carbocycles. The van der Waals surface area contributed by atoms with Gasteiger partial charge in [0.05, 0.1) is 11.7 Å². The van der Waals surface area contributed by atoms with Crippen LogP contribution < -0.4 is 10.6 Å².